The van der Waals surface area contributed by atoms with Gasteiger partial charge in [-0.1, -0.05) is 57.8 Å². The molecule has 2 aliphatic rings. The number of carbonyl (C=O) groups is 2. The topological polar surface area (TPSA) is 73.2 Å². The number of unbranched alkanes of at least 4 members (excludes halogenated alkanes) is 1. The van der Waals surface area contributed by atoms with Crippen LogP contribution in [0.3, 0.4) is 0 Å². The van der Waals surface area contributed by atoms with Gasteiger partial charge in [-0.2, -0.15) is 0 Å². The highest BCUT2D eigenvalue weighted by atomic mass is 35.5. The van der Waals surface area contributed by atoms with E-state index in [0.29, 0.717) is 10.7 Å². The summed E-state index contributed by atoms with van der Waals surface area (Å²) in [4.78, 5) is 35.8. The number of carboxylic acids is 1. The van der Waals surface area contributed by atoms with Gasteiger partial charge in [0.2, 0.25) is 0 Å². The number of aromatic carboxylic acids is 1. The molecule has 2 aromatic carbocycles. The first-order valence-electron chi connectivity index (χ1n) is 14.2. The molecular weight excluding hydrogens is 510 g/mol. The first kappa shape index (κ1) is 29.3. The Morgan fingerprint density at radius 3 is 2.36 bits per heavy atom. The summed E-state index contributed by atoms with van der Waals surface area (Å²) in [7, 11) is 0. The number of piperidine rings is 1. The minimum atomic E-state index is -0.956. The highest BCUT2D eigenvalue weighted by Crippen LogP contribution is 2.44. The number of rotatable bonds is 9. The lowest BCUT2D eigenvalue weighted by Gasteiger charge is -2.46. The predicted octanol–water partition coefficient (Wildman–Crippen LogP) is 7.14. The average molecular weight is 552 g/mol. The van der Waals surface area contributed by atoms with Crippen molar-refractivity contribution in [2.45, 2.75) is 84.8 Å². The Labute approximate surface area is 238 Å². The van der Waals surface area contributed by atoms with Crippen LogP contribution in [0.15, 0.2) is 47.5 Å². The number of carboxylic acid groups (broad SMARTS) is 1. The molecule has 1 spiro atoms. The van der Waals surface area contributed by atoms with Crippen molar-refractivity contribution >= 4 is 29.2 Å². The van der Waals surface area contributed by atoms with E-state index in [9.17, 15) is 14.7 Å². The van der Waals surface area contributed by atoms with Gasteiger partial charge in [0.25, 0.3) is 5.91 Å². The van der Waals surface area contributed by atoms with Crippen molar-refractivity contribution < 1.29 is 14.7 Å². The molecule has 0 radical (unpaired) electrons. The summed E-state index contributed by atoms with van der Waals surface area (Å²) in [6.07, 6.45) is 5.53. The molecule has 1 unspecified atom stereocenters. The van der Waals surface area contributed by atoms with Crippen LogP contribution in [0, 0.1) is 12.3 Å². The Kier molecular flexibility index (Phi) is 8.87. The number of hydrogen-bond acceptors (Lipinski definition) is 4. The van der Waals surface area contributed by atoms with Crippen molar-refractivity contribution in [3.63, 3.8) is 0 Å². The third kappa shape index (κ3) is 6.72. The SMILES string of the molecule is CCCCN1CCC2(CC1)N=C(c1cc(C)cc(Cl)c1)C(=O)N2C(CCC(C)(C)C)c1ccc(C(=O)O)cc1. The van der Waals surface area contributed by atoms with Gasteiger partial charge in [-0.25, -0.2) is 4.79 Å². The lowest BCUT2D eigenvalue weighted by molar-refractivity contribution is -0.133. The zero-order chi connectivity index (χ0) is 28.4. The molecule has 39 heavy (non-hydrogen) atoms. The Bertz CT molecular complexity index is 1200. The smallest absolute Gasteiger partial charge is 0.335 e. The molecule has 6 nitrogen and oxygen atoms in total. The number of amides is 1. The largest absolute Gasteiger partial charge is 0.478 e. The van der Waals surface area contributed by atoms with Gasteiger partial charge in [0.15, 0.2) is 0 Å². The van der Waals surface area contributed by atoms with Crippen molar-refractivity contribution in [3.8, 4) is 0 Å². The van der Waals surface area contributed by atoms with Gasteiger partial charge in [-0.15, -0.1) is 0 Å². The second-order valence-electron chi connectivity index (χ2n) is 12.4. The van der Waals surface area contributed by atoms with Crippen LogP contribution in [0.2, 0.25) is 5.02 Å². The molecule has 7 heteroatoms. The lowest BCUT2D eigenvalue weighted by atomic mass is 9.84. The molecule has 1 atom stereocenters. The van der Waals surface area contributed by atoms with E-state index in [1.807, 2.05) is 42.2 Å². The number of nitrogens with zero attached hydrogens (tertiary/aromatic N) is 3. The Morgan fingerprint density at radius 1 is 1.13 bits per heavy atom. The maximum Gasteiger partial charge on any atom is 0.335 e. The molecule has 0 aliphatic carbocycles. The van der Waals surface area contributed by atoms with Crippen molar-refractivity contribution in [3.05, 3.63) is 69.7 Å². The van der Waals surface area contributed by atoms with Crippen molar-refractivity contribution in [2.24, 2.45) is 10.4 Å². The quantitative estimate of drug-likeness (QED) is 0.359. The summed E-state index contributed by atoms with van der Waals surface area (Å²) >= 11 is 6.42. The number of aliphatic imine (C=N–C) groups is 1. The maximum absolute atomic E-state index is 14.4. The molecular formula is C32H42ClN3O3. The fourth-order valence-corrected chi connectivity index (χ4v) is 6.13. The third-order valence-corrected chi connectivity index (χ3v) is 8.23. The van der Waals surface area contributed by atoms with Gasteiger partial charge in [-0.3, -0.25) is 9.79 Å². The second kappa shape index (κ2) is 11.8. The van der Waals surface area contributed by atoms with E-state index in [4.69, 9.17) is 16.6 Å². The van der Waals surface area contributed by atoms with Crippen LogP contribution in [0.4, 0.5) is 0 Å². The van der Waals surface area contributed by atoms with Gasteiger partial charge in [-0.05, 0) is 79.6 Å². The average Bonchev–Trinajstić information content (AvgIpc) is 3.14. The molecule has 4 rings (SSSR count). The lowest BCUT2D eigenvalue weighted by Crippen LogP contribution is -2.54. The van der Waals surface area contributed by atoms with Gasteiger partial charge < -0.3 is 14.9 Å². The van der Waals surface area contributed by atoms with Crippen LogP contribution < -0.4 is 0 Å². The van der Waals surface area contributed by atoms with Crippen LogP contribution in [0.1, 0.15) is 99.3 Å². The molecule has 0 aromatic heterocycles. The predicted molar refractivity (Wildman–Crippen MR) is 158 cm³/mol. The standard InChI is InChI=1S/C32H42ClN3O3/c1-6-7-16-35-17-14-32(15-18-35)34-28(25-19-22(2)20-26(33)21-25)29(37)36(32)27(12-13-31(3,4)5)23-8-10-24(11-9-23)30(38)39/h8-11,19-21,27H,6-7,12-18H2,1-5H3,(H,38,39). The van der Waals surface area contributed by atoms with Crippen LogP contribution in [-0.2, 0) is 4.79 Å². The van der Waals surface area contributed by atoms with E-state index in [-0.39, 0.29) is 22.9 Å². The fraction of sp³-hybridized carbons (Fsp3) is 0.531. The highest BCUT2D eigenvalue weighted by Gasteiger charge is 2.51. The van der Waals surface area contributed by atoms with Gasteiger partial charge in [0, 0.05) is 36.5 Å². The Balaban J connectivity index is 1.78. The monoisotopic (exact) mass is 551 g/mol. The minimum absolute atomic E-state index is 0.0695. The summed E-state index contributed by atoms with van der Waals surface area (Å²) in [6.45, 7) is 13.7. The molecule has 0 bridgehead atoms. The molecule has 2 heterocycles. The summed E-state index contributed by atoms with van der Waals surface area (Å²) in [5, 5.41) is 10.1. The molecule has 210 valence electrons. The van der Waals surface area contributed by atoms with E-state index in [1.165, 1.54) is 0 Å². The normalized spacial score (nSPS) is 18.5. The number of aryl methyl sites for hydroxylation is 1. The number of halogens is 1. The van der Waals surface area contributed by atoms with Gasteiger partial charge in [0.05, 0.1) is 11.6 Å². The van der Waals surface area contributed by atoms with Crippen LogP contribution in [-0.4, -0.2) is 57.8 Å². The first-order valence-corrected chi connectivity index (χ1v) is 14.6. The van der Waals surface area contributed by atoms with E-state index in [0.717, 1.165) is 74.8 Å². The first-order chi connectivity index (χ1) is 18.4. The zero-order valence-corrected chi connectivity index (χ0v) is 24.7. The molecule has 1 amide bonds. The molecule has 0 saturated carbocycles. The summed E-state index contributed by atoms with van der Waals surface area (Å²) in [6, 6.07) is 12.5. The number of likely N-dealkylation sites (tertiary alicyclic amines) is 1. The zero-order valence-electron chi connectivity index (χ0n) is 24.0. The van der Waals surface area contributed by atoms with E-state index in [1.54, 1.807) is 12.1 Å². The molecule has 1 saturated heterocycles. The number of carbonyl (C=O) groups excluding carboxylic acids is 1. The van der Waals surface area contributed by atoms with E-state index >= 15 is 0 Å². The highest BCUT2D eigenvalue weighted by molar-refractivity contribution is 6.47. The van der Waals surface area contributed by atoms with Crippen molar-refractivity contribution in [1.82, 2.24) is 9.80 Å². The summed E-state index contributed by atoms with van der Waals surface area (Å²) < 4.78 is 0. The Morgan fingerprint density at radius 2 is 1.79 bits per heavy atom. The van der Waals surface area contributed by atoms with Crippen molar-refractivity contribution in [2.75, 3.05) is 19.6 Å². The number of benzene rings is 2. The maximum atomic E-state index is 14.4. The molecule has 2 aromatic rings. The minimum Gasteiger partial charge on any atom is -0.478 e. The van der Waals surface area contributed by atoms with E-state index in [2.05, 4.69) is 32.6 Å². The summed E-state index contributed by atoms with van der Waals surface area (Å²) in [5.41, 5.74) is 2.85. The van der Waals surface area contributed by atoms with Crippen molar-refractivity contribution in [1.29, 1.82) is 0 Å². The summed E-state index contributed by atoms with van der Waals surface area (Å²) in [5.74, 6) is -1.03. The number of hydrogen-bond donors (Lipinski definition) is 1. The molecule has 1 N–H and O–H groups in total. The van der Waals surface area contributed by atoms with Gasteiger partial charge >= 0.3 is 5.97 Å². The molecule has 2 aliphatic heterocycles. The Hall–Kier alpha value is -2.70. The van der Waals surface area contributed by atoms with E-state index < -0.39 is 11.6 Å². The third-order valence-electron chi connectivity index (χ3n) is 8.01. The van der Waals surface area contributed by atoms with Crippen LogP contribution >= 0.6 is 11.6 Å². The van der Waals surface area contributed by atoms with Crippen LogP contribution in [0.25, 0.3) is 0 Å². The second-order valence-corrected chi connectivity index (χ2v) is 12.8. The van der Waals surface area contributed by atoms with Gasteiger partial charge in [0.1, 0.15) is 11.4 Å². The van der Waals surface area contributed by atoms with Crippen LogP contribution in [0.5, 0.6) is 0 Å². The molecule has 1 fully saturated rings. The fourth-order valence-electron chi connectivity index (χ4n) is 5.84.